The first-order valence-electron chi connectivity index (χ1n) is 10.1. The molecule has 0 aromatic heterocycles. The van der Waals surface area contributed by atoms with Crippen LogP contribution in [0.1, 0.15) is 26.2 Å². The normalized spacial score (nSPS) is 16.2. The molecule has 1 fully saturated rings. The molecule has 0 unspecified atom stereocenters. The molecule has 27 heavy (non-hydrogen) atoms. The molecule has 1 aromatic rings. The van der Waals surface area contributed by atoms with E-state index in [9.17, 15) is 0 Å². The van der Waals surface area contributed by atoms with E-state index >= 15 is 0 Å². The number of hydrogen-bond acceptors (Lipinski definition) is 4. The minimum absolute atomic E-state index is 0.610. The van der Waals surface area contributed by atoms with Crippen LogP contribution < -0.4 is 14.8 Å². The van der Waals surface area contributed by atoms with E-state index in [0.29, 0.717) is 6.61 Å². The number of nitrogens with zero attached hydrogens (tertiary/aromatic N) is 3. The number of likely N-dealkylation sites (N-methyl/N-ethyl adjacent to an activating group) is 1. The predicted molar refractivity (Wildman–Crippen MR) is 112 cm³/mol. The van der Waals surface area contributed by atoms with E-state index < -0.39 is 0 Å². The topological polar surface area (TPSA) is 49.3 Å². The maximum atomic E-state index is 5.81. The van der Waals surface area contributed by atoms with Crippen LogP contribution in [0.2, 0.25) is 0 Å². The van der Waals surface area contributed by atoms with Gasteiger partial charge in [-0.15, -0.1) is 0 Å². The molecule has 152 valence electrons. The van der Waals surface area contributed by atoms with Crippen molar-refractivity contribution >= 4 is 5.96 Å². The Bertz CT molecular complexity index is 554. The Balaban J connectivity index is 1.63. The molecule has 0 aliphatic carbocycles. The van der Waals surface area contributed by atoms with Crippen molar-refractivity contribution in [2.45, 2.75) is 26.2 Å². The standard InChI is InChI=1S/C21H36N4O2/c1-5-25-14-11-18(12-15-25)10-13-23-21(22-2)24(3)16-17-27-20-8-6-19(26-4)7-9-20/h6-9,18H,5,10-17H2,1-4H3,(H,22,23). The van der Waals surface area contributed by atoms with Crippen molar-refractivity contribution in [1.82, 2.24) is 15.1 Å². The van der Waals surface area contributed by atoms with Crippen molar-refractivity contribution in [3.63, 3.8) is 0 Å². The maximum absolute atomic E-state index is 5.81. The lowest BCUT2D eigenvalue weighted by Crippen LogP contribution is -2.42. The highest BCUT2D eigenvalue weighted by Gasteiger charge is 2.17. The van der Waals surface area contributed by atoms with E-state index in [1.807, 2.05) is 38.4 Å². The molecular weight excluding hydrogens is 340 g/mol. The summed E-state index contributed by atoms with van der Waals surface area (Å²) in [4.78, 5) is 9.05. The first kappa shape index (κ1) is 21.4. The number of ether oxygens (including phenoxy) is 2. The van der Waals surface area contributed by atoms with Gasteiger partial charge in [0.2, 0.25) is 0 Å². The van der Waals surface area contributed by atoms with Crippen LogP contribution in [0.4, 0.5) is 0 Å². The number of aliphatic imine (C=N–C) groups is 1. The van der Waals surface area contributed by atoms with Crippen LogP contribution >= 0.6 is 0 Å². The molecule has 1 aromatic carbocycles. The Morgan fingerprint density at radius 1 is 1.22 bits per heavy atom. The Morgan fingerprint density at radius 2 is 1.89 bits per heavy atom. The number of guanidine groups is 1. The third-order valence-corrected chi connectivity index (χ3v) is 5.32. The number of rotatable bonds is 9. The molecule has 0 bridgehead atoms. The lowest BCUT2D eigenvalue weighted by atomic mass is 9.93. The number of methoxy groups -OCH3 is 1. The van der Waals surface area contributed by atoms with E-state index in [-0.39, 0.29) is 0 Å². The van der Waals surface area contributed by atoms with Crippen LogP contribution in [0.5, 0.6) is 11.5 Å². The van der Waals surface area contributed by atoms with Crippen molar-refractivity contribution in [1.29, 1.82) is 0 Å². The molecule has 0 radical (unpaired) electrons. The molecule has 0 saturated carbocycles. The van der Waals surface area contributed by atoms with E-state index in [0.717, 1.165) is 36.5 Å². The summed E-state index contributed by atoms with van der Waals surface area (Å²) in [5.74, 6) is 3.46. The Kier molecular flexibility index (Phi) is 9.25. The monoisotopic (exact) mass is 376 g/mol. The highest BCUT2D eigenvalue weighted by molar-refractivity contribution is 5.79. The van der Waals surface area contributed by atoms with Crippen LogP contribution in [0.25, 0.3) is 0 Å². The molecule has 6 heteroatoms. The van der Waals surface area contributed by atoms with Crippen molar-refractivity contribution < 1.29 is 9.47 Å². The third-order valence-electron chi connectivity index (χ3n) is 5.32. The van der Waals surface area contributed by atoms with E-state index in [2.05, 4.69) is 27.0 Å². The second-order valence-corrected chi connectivity index (χ2v) is 7.09. The molecule has 0 atom stereocenters. The molecule has 2 rings (SSSR count). The van der Waals surface area contributed by atoms with Crippen molar-refractivity contribution in [3.05, 3.63) is 24.3 Å². The highest BCUT2D eigenvalue weighted by atomic mass is 16.5. The van der Waals surface area contributed by atoms with Crippen LogP contribution in [-0.4, -0.2) is 76.3 Å². The smallest absolute Gasteiger partial charge is 0.193 e. The Hall–Kier alpha value is -1.95. The van der Waals surface area contributed by atoms with Crippen LogP contribution in [0, 0.1) is 5.92 Å². The number of hydrogen-bond donors (Lipinski definition) is 1. The molecule has 0 amide bonds. The van der Waals surface area contributed by atoms with E-state index in [1.165, 1.54) is 38.9 Å². The average Bonchev–Trinajstić information content (AvgIpc) is 2.72. The zero-order chi connectivity index (χ0) is 19.5. The molecular formula is C21H36N4O2. The Labute approximate surface area is 164 Å². The summed E-state index contributed by atoms with van der Waals surface area (Å²) in [7, 11) is 5.55. The second-order valence-electron chi connectivity index (χ2n) is 7.09. The summed E-state index contributed by atoms with van der Waals surface area (Å²) in [5.41, 5.74) is 0. The first-order chi connectivity index (χ1) is 13.2. The number of benzene rings is 1. The molecule has 1 aliphatic heterocycles. The fourth-order valence-corrected chi connectivity index (χ4v) is 3.44. The van der Waals surface area contributed by atoms with Crippen molar-refractivity contribution in [2.24, 2.45) is 10.9 Å². The van der Waals surface area contributed by atoms with Crippen LogP contribution in [0.3, 0.4) is 0 Å². The van der Waals surface area contributed by atoms with Gasteiger partial charge in [0.25, 0.3) is 0 Å². The van der Waals surface area contributed by atoms with Gasteiger partial charge in [-0.2, -0.15) is 0 Å². The van der Waals surface area contributed by atoms with Gasteiger partial charge >= 0.3 is 0 Å². The van der Waals surface area contributed by atoms with Gasteiger partial charge in [-0.3, -0.25) is 4.99 Å². The second kappa shape index (κ2) is 11.7. The summed E-state index contributed by atoms with van der Waals surface area (Å²) in [6.07, 6.45) is 3.85. The van der Waals surface area contributed by atoms with Gasteiger partial charge in [-0.25, -0.2) is 0 Å². The summed E-state index contributed by atoms with van der Waals surface area (Å²) in [6.45, 7) is 8.30. The molecule has 1 saturated heterocycles. The number of nitrogens with one attached hydrogen (secondary N) is 1. The van der Waals surface area contributed by atoms with Gasteiger partial charge in [-0.1, -0.05) is 6.92 Å². The maximum Gasteiger partial charge on any atom is 0.193 e. The van der Waals surface area contributed by atoms with Gasteiger partial charge in [0.05, 0.1) is 13.7 Å². The highest BCUT2D eigenvalue weighted by Crippen LogP contribution is 2.19. The van der Waals surface area contributed by atoms with Crippen molar-refractivity contribution in [2.75, 3.05) is 60.5 Å². The molecule has 0 spiro atoms. The quantitative estimate of drug-likeness (QED) is 0.530. The Morgan fingerprint density at radius 3 is 2.48 bits per heavy atom. The summed E-state index contributed by atoms with van der Waals surface area (Å²) in [5, 5.41) is 3.50. The first-order valence-corrected chi connectivity index (χ1v) is 10.1. The van der Waals surface area contributed by atoms with Gasteiger partial charge in [0.1, 0.15) is 18.1 Å². The zero-order valence-electron chi connectivity index (χ0n) is 17.4. The van der Waals surface area contributed by atoms with Gasteiger partial charge in [-0.05, 0) is 69.1 Å². The number of likely N-dealkylation sites (tertiary alicyclic amines) is 1. The summed E-state index contributed by atoms with van der Waals surface area (Å²) >= 11 is 0. The lowest BCUT2D eigenvalue weighted by molar-refractivity contribution is 0.187. The van der Waals surface area contributed by atoms with E-state index in [4.69, 9.17) is 9.47 Å². The average molecular weight is 377 g/mol. The minimum Gasteiger partial charge on any atom is -0.497 e. The van der Waals surface area contributed by atoms with Gasteiger partial charge in [0, 0.05) is 20.6 Å². The van der Waals surface area contributed by atoms with Gasteiger partial charge in [0.15, 0.2) is 5.96 Å². The molecule has 1 N–H and O–H groups in total. The predicted octanol–water partition coefficient (Wildman–Crippen LogP) is 2.70. The third kappa shape index (κ3) is 7.29. The zero-order valence-corrected chi connectivity index (χ0v) is 17.4. The van der Waals surface area contributed by atoms with Crippen LogP contribution in [-0.2, 0) is 0 Å². The fraction of sp³-hybridized carbons (Fsp3) is 0.667. The van der Waals surface area contributed by atoms with Crippen molar-refractivity contribution in [3.8, 4) is 11.5 Å². The summed E-state index contributed by atoms with van der Waals surface area (Å²) in [6, 6.07) is 7.67. The molecule has 1 aliphatic rings. The summed E-state index contributed by atoms with van der Waals surface area (Å²) < 4.78 is 11.0. The molecule has 6 nitrogen and oxygen atoms in total. The minimum atomic E-state index is 0.610. The SMILES string of the molecule is CCN1CCC(CCNC(=NC)N(C)CCOc2ccc(OC)cc2)CC1. The van der Waals surface area contributed by atoms with E-state index in [1.54, 1.807) is 7.11 Å². The fourth-order valence-electron chi connectivity index (χ4n) is 3.44. The van der Waals surface area contributed by atoms with Crippen LogP contribution in [0.15, 0.2) is 29.3 Å². The lowest BCUT2D eigenvalue weighted by Gasteiger charge is -2.31. The number of piperidine rings is 1. The van der Waals surface area contributed by atoms with Gasteiger partial charge < -0.3 is 24.6 Å². The largest absolute Gasteiger partial charge is 0.497 e. The molecule has 1 heterocycles.